The molecular weight excluding hydrogens is 424 g/mol. The van der Waals surface area contributed by atoms with Gasteiger partial charge in [-0.1, -0.05) is 0 Å². The van der Waals surface area contributed by atoms with Crippen molar-refractivity contribution in [2.75, 3.05) is 13.2 Å². The summed E-state index contributed by atoms with van der Waals surface area (Å²) in [5.74, 6) is 1.59. The summed E-state index contributed by atoms with van der Waals surface area (Å²) in [7, 11) is -3.53. The predicted molar refractivity (Wildman–Crippen MR) is 130 cm³/mol. The van der Waals surface area contributed by atoms with E-state index in [0.29, 0.717) is 24.3 Å². The molecule has 0 saturated carbocycles. The zero-order valence-electron chi connectivity index (χ0n) is 19.1. The molecule has 31 heavy (non-hydrogen) atoms. The Bertz CT molecular complexity index is 747. The van der Waals surface area contributed by atoms with E-state index in [9.17, 15) is 9.59 Å². The summed E-state index contributed by atoms with van der Waals surface area (Å²) in [5.41, 5.74) is 1.31. The highest BCUT2D eigenvalue weighted by Crippen LogP contribution is 2.24. The second-order valence-electron chi connectivity index (χ2n) is 8.90. The Morgan fingerprint density at radius 1 is 0.645 bits per heavy atom. The first-order valence-electron chi connectivity index (χ1n) is 10.8. The van der Waals surface area contributed by atoms with E-state index in [1.807, 2.05) is 24.3 Å². The van der Waals surface area contributed by atoms with Crippen molar-refractivity contribution in [2.45, 2.75) is 51.1 Å². The van der Waals surface area contributed by atoms with Crippen LogP contribution in [0.4, 0.5) is 0 Å². The molecule has 0 radical (unpaired) electrons. The molecule has 0 amide bonds. The van der Waals surface area contributed by atoms with Crippen molar-refractivity contribution >= 4 is 29.2 Å². The standard InChI is InChI=1S/C24H34O5Si2/c1-30(2,17-5-15-27-23-11-7-21(19-25)8-12-23)29-31(3,4)18-6-16-28-24-13-9-22(20-26)10-14-24/h7-14,19-20H,5-6,15-18H2,1-4H3. The number of rotatable bonds is 14. The number of aldehydes is 2. The fourth-order valence-electron chi connectivity index (χ4n) is 3.51. The van der Waals surface area contributed by atoms with E-state index in [4.69, 9.17) is 13.6 Å². The Kier molecular flexibility index (Phi) is 9.67. The molecule has 0 heterocycles. The fourth-order valence-corrected chi connectivity index (χ4v) is 12.3. The Balaban J connectivity index is 1.66. The first-order valence-corrected chi connectivity index (χ1v) is 17.0. The van der Waals surface area contributed by atoms with Crippen molar-refractivity contribution in [3.63, 3.8) is 0 Å². The third-order valence-electron chi connectivity index (χ3n) is 4.97. The summed E-state index contributed by atoms with van der Waals surface area (Å²) < 4.78 is 18.3. The van der Waals surface area contributed by atoms with Crippen LogP contribution in [0, 0.1) is 0 Å². The van der Waals surface area contributed by atoms with Crippen molar-refractivity contribution in [1.29, 1.82) is 0 Å². The zero-order valence-corrected chi connectivity index (χ0v) is 21.1. The van der Waals surface area contributed by atoms with Crippen LogP contribution >= 0.6 is 0 Å². The Morgan fingerprint density at radius 3 is 1.32 bits per heavy atom. The molecule has 168 valence electrons. The van der Waals surface area contributed by atoms with Gasteiger partial charge in [0.1, 0.15) is 24.1 Å². The van der Waals surface area contributed by atoms with Gasteiger partial charge in [-0.25, -0.2) is 0 Å². The van der Waals surface area contributed by atoms with Gasteiger partial charge in [0.05, 0.1) is 13.2 Å². The zero-order chi connectivity index (χ0) is 22.7. The minimum absolute atomic E-state index is 0.652. The van der Waals surface area contributed by atoms with Gasteiger partial charge in [-0.2, -0.15) is 0 Å². The van der Waals surface area contributed by atoms with Crippen molar-refractivity contribution in [1.82, 2.24) is 0 Å². The number of hydrogen-bond acceptors (Lipinski definition) is 5. The van der Waals surface area contributed by atoms with Crippen LogP contribution in [-0.4, -0.2) is 42.4 Å². The Morgan fingerprint density at radius 2 is 1.00 bits per heavy atom. The lowest BCUT2D eigenvalue weighted by Gasteiger charge is -2.34. The maximum Gasteiger partial charge on any atom is 0.173 e. The molecule has 7 heteroatoms. The van der Waals surface area contributed by atoms with E-state index in [1.165, 1.54) is 0 Å². The molecule has 0 N–H and O–H groups in total. The molecule has 0 aliphatic rings. The molecule has 2 aromatic rings. The van der Waals surface area contributed by atoms with Crippen LogP contribution < -0.4 is 9.47 Å². The Labute approximate surface area is 188 Å². The molecule has 0 atom stereocenters. The van der Waals surface area contributed by atoms with Gasteiger partial charge in [-0.3, -0.25) is 9.59 Å². The molecule has 2 aromatic carbocycles. The minimum Gasteiger partial charge on any atom is -0.494 e. The lowest BCUT2D eigenvalue weighted by Crippen LogP contribution is -2.44. The summed E-state index contributed by atoms with van der Waals surface area (Å²) in [6.07, 6.45) is 3.58. The van der Waals surface area contributed by atoms with Crippen LogP contribution in [0.25, 0.3) is 0 Å². The maximum atomic E-state index is 10.7. The van der Waals surface area contributed by atoms with Crippen molar-refractivity contribution < 1.29 is 23.2 Å². The van der Waals surface area contributed by atoms with Gasteiger partial charge in [0.25, 0.3) is 0 Å². The van der Waals surface area contributed by atoms with Gasteiger partial charge in [0.15, 0.2) is 16.6 Å². The van der Waals surface area contributed by atoms with Crippen molar-refractivity contribution in [3.05, 3.63) is 59.7 Å². The van der Waals surface area contributed by atoms with Gasteiger partial charge < -0.3 is 13.6 Å². The maximum absolute atomic E-state index is 10.7. The number of benzene rings is 2. The molecular formula is C24H34O5Si2. The molecule has 5 nitrogen and oxygen atoms in total. The van der Waals surface area contributed by atoms with E-state index in [-0.39, 0.29) is 0 Å². The summed E-state index contributed by atoms with van der Waals surface area (Å²) in [4.78, 5) is 21.4. The first kappa shape index (κ1) is 25.0. The van der Waals surface area contributed by atoms with Gasteiger partial charge in [-0.15, -0.1) is 0 Å². The molecule has 0 fully saturated rings. The third-order valence-corrected chi connectivity index (χ3v) is 12.5. The second-order valence-corrected chi connectivity index (χ2v) is 17.8. The summed E-state index contributed by atoms with van der Waals surface area (Å²) in [6.45, 7) is 10.4. The highest BCUT2D eigenvalue weighted by Gasteiger charge is 2.32. The third kappa shape index (κ3) is 9.63. The van der Waals surface area contributed by atoms with Gasteiger partial charge in [0, 0.05) is 11.1 Å². The molecule has 0 unspecified atom stereocenters. The van der Waals surface area contributed by atoms with Crippen LogP contribution in [0.5, 0.6) is 11.5 Å². The van der Waals surface area contributed by atoms with Crippen LogP contribution in [0.15, 0.2) is 48.5 Å². The number of carbonyl (C=O) groups excluding carboxylic acids is 2. The normalized spacial score (nSPS) is 11.7. The molecule has 0 aromatic heterocycles. The fraction of sp³-hybridized carbons (Fsp3) is 0.417. The van der Waals surface area contributed by atoms with Crippen molar-refractivity contribution in [2.24, 2.45) is 0 Å². The average Bonchev–Trinajstić information content (AvgIpc) is 2.74. The Hall–Kier alpha value is -2.23. The van der Waals surface area contributed by atoms with E-state index in [0.717, 1.165) is 49.0 Å². The van der Waals surface area contributed by atoms with Gasteiger partial charge >= 0.3 is 0 Å². The summed E-state index contributed by atoms with van der Waals surface area (Å²) >= 11 is 0. The summed E-state index contributed by atoms with van der Waals surface area (Å²) in [5, 5.41) is 0. The van der Waals surface area contributed by atoms with Crippen LogP contribution in [0.3, 0.4) is 0 Å². The SMILES string of the molecule is C[Si](C)(CCCOc1ccc(C=O)cc1)O[Si](C)(C)CCCOc1ccc(C=O)cc1. The van der Waals surface area contributed by atoms with E-state index in [2.05, 4.69) is 26.2 Å². The van der Waals surface area contributed by atoms with Crippen LogP contribution in [-0.2, 0) is 4.12 Å². The van der Waals surface area contributed by atoms with Crippen LogP contribution in [0.1, 0.15) is 33.6 Å². The van der Waals surface area contributed by atoms with Gasteiger partial charge in [-0.05, 0) is 99.6 Å². The number of hydrogen-bond donors (Lipinski definition) is 0. The van der Waals surface area contributed by atoms with Crippen LogP contribution in [0.2, 0.25) is 38.3 Å². The smallest absolute Gasteiger partial charge is 0.173 e. The molecule has 0 bridgehead atoms. The lowest BCUT2D eigenvalue weighted by molar-refractivity contribution is 0.111. The monoisotopic (exact) mass is 458 g/mol. The highest BCUT2D eigenvalue weighted by atomic mass is 28.4. The second kappa shape index (κ2) is 12.0. The first-order chi connectivity index (χ1) is 14.7. The largest absolute Gasteiger partial charge is 0.494 e. The average molecular weight is 459 g/mol. The van der Waals surface area contributed by atoms with E-state index >= 15 is 0 Å². The number of carbonyl (C=O) groups is 2. The molecule has 0 spiro atoms. The molecule has 0 aliphatic carbocycles. The topological polar surface area (TPSA) is 61.8 Å². The van der Waals surface area contributed by atoms with Gasteiger partial charge in [0.2, 0.25) is 0 Å². The van der Waals surface area contributed by atoms with E-state index in [1.54, 1.807) is 24.3 Å². The quantitative estimate of drug-likeness (QED) is 0.198. The molecule has 0 aliphatic heterocycles. The predicted octanol–water partition coefficient (Wildman–Crippen LogP) is 5.98. The minimum atomic E-state index is -1.76. The highest BCUT2D eigenvalue weighted by molar-refractivity contribution is 6.84. The van der Waals surface area contributed by atoms with Crippen molar-refractivity contribution in [3.8, 4) is 11.5 Å². The molecule has 2 rings (SSSR count). The molecule has 0 saturated heterocycles. The number of ether oxygens (including phenoxy) is 2. The van der Waals surface area contributed by atoms with E-state index < -0.39 is 16.6 Å². The lowest BCUT2D eigenvalue weighted by atomic mass is 10.2. The summed E-state index contributed by atoms with van der Waals surface area (Å²) in [6, 6.07) is 16.5.